The van der Waals surface area contributed by atoms with Gasteiger partial charge in [0.25, 0.3) is 5.56 Å². The van der Waals surface area contributed by atoms with Gasteiger partial charge in [0.2, 0.25) is 0 Å². The smallest absolute Gasteiger partial charge is 0.275 e. The standard InChI is InChI=1S/C24H23N5O3/c25-13-17-11-21(26)18(12-23(17)32-10-7-16-5-6-16)14-27-15-22-19-3-1-2-4-20(19)24(31)29(28-22)8-9-30/h1-4,9,11-12,14,16,26-27H,5-8,10,15H2/b18-14-,26-21?. The van der Waals surface area contributed by atoms with Gasteiger partial charge in [0.05, 0.1) is 35.5 Å². The first kappa shape index (κ1) is 21.2. The Morgan fingerprint density at radius 3 is 2.78 bits per heavy atom. The normalized spacial score (nSPS) is 17.0. The lowest BCUT2D eigenvalue weighted by Gasteiger charge is -2.16. The van der Waals surface area contributed by atoms with Crippen LogP contribution < -0.4 is 10.9 Å². The number of nitriles is 1. The molecule has 32 heavy (non-hydrogen) atoms. The summed E-state index contributed by atoms with van der Waals surface area (Å²) in [6.45, 7) is 0.725. The zero-order chi connectivity index (χ0) is 22.5. The van der Waals surface area contributed by atoms with Crippen LogP contribution in [-0.4, -0.2) is 28.4 Å². The van der Waals surface area contributed by atoms with Crippen LogP contribution in [0.15, 0.2) is 64.3 Å². The fraction of sp³-hybridized carbons (Fsp3) is 0.292. The SMILES string of the molecule is N#CC1=CC(=N)/C(=C\NCc2nn(CC=O)c(=O)c3ccccc23)C=C1OCCC1CC1. The van der Waals surface area contributed by atoms with Crippen molar-refractivity contribution in [3.05, 3.63) is 75.6 Å². The Hall–Kier alpha value is -3.99. The van der Waals surface area contributed by atoms with Crippen molar-refractivity contribution in [2.24, 2.45) is 5.92 Å². The van der Waals surface area contributed by atoms with Crippen LogP contribution in [0.25, 0.3) is 10.8 Å². The van der Waals surface area contributed by atoms with E-state index in [9.17, 15) is 14.9 Å². The van der Waals surface area contributed by atoms with Gasteiger partial charge in [0.15, 0.2) is 0 Å². The van der Waals surface area contributed by atoms with Gasteiger partial charge in [-0.3, -0.25) is 4.79 Å². The molecule has 1 saturated carbocycles. The summed E-state index contributed by atoms with van der Waals surface area (Å²) in [7, 11) is 0. The summed E-state index contributed by atoms with van der Waals surface area (Å²) in [6, 6.07) is 9.22. The van der Waals surface area contributed by atoms with Gasteiger partial charge in [-0.05, 0) is 30.6 Å². The molecule has 0 atom stereocenters. The van der Waals surface area contributed by atoms with Gasteiger partial charge in [-0.1, -0.05) is 31.0 Å². The number of aldehydes is 1. The van der Waals surface area contributed by atoms with E-state index in [0.29, 0.717) is 46.3 Å². The molecule has 2 N–H and O–H groups in total. The van der Waals surface area contributed by atoms with Crippen LogP contribution >= 0.6 is 0 Å². The van der Waals surface area contributed by atoms with Crippen molar-refractivity contribution in [3.63, 3.8) is 0 Å². The van der Waals surface area contributed by atoms with Gasteiger partial charge in [-0.25, -0.2) is 4.68 Å². The number of nitrogens with zero attached hydrogens (tertiary/aromatic N) is 3. The largest absolute Gasteiger partial charge is 0.492 e. The highest BCUT2D eigenvalue weighted by atomic mass is 16.5. The first-order chi connectivity index (χ1) is 15.6. The van der Waals surface area contributed by atoms with Gasteiger partial charge in [-0.2, -0.15) is 10.4 Å². The Labute approximate surface area is 185 Å². The Morgan fingerprint density at radius 1 is 1.28 bits per heavy atom. The Balaban J connectivity index is 1.53. The van der Waals surface area contributed by atoms with E-state index in [2.05, 4.69) is 16.5 Å². The first-order valence-electron chi connectivity index (χ1n) is 10.5. The van der Waals surface area contributed by atoms with E-state index in [4.69, 9.17) is 10.1 Å². The van der Waals surface area contributed by atoms with Crippen molar-refractivity contribution < 1.29 is 9.53 Å². The van der Waals surface area contributed by atoms with Crippen LogP contribution in [0.3, 0.4) is 0 Å². The summed E-state index contributed by atoms with van der Waals surface area (Å²) in [5, 5.41) is 26.3. The Bertz CT molecular complexity index is 1260. The molecule has 8 heteroatoms. The van der Waals surface area contributed by atoms with Crippen LogP contribution in [0.4, 0.5) is 0 Å². The van der Waals surface area contributed by atoms with Crippen molar-refractivity contribution in [2.75, 3.05) is 6.61 Å². The van der Waals surface area contributed by atoms with Crippen molar-refractivity contribution >= 4 is 22.8 Å². The summed E-state index contributed by atoms with van der Waals surface area (Å²) in [5.74, 6) is 1.20. The maximum atomic E-state index is 12.5. The number of nitrogens with one attached hydrogen (secondary N) is 2. The van der Waals surface area contributed by atoms with E-state index in [-0.39, 0.29) is 24.4 Å². The molecule has 2 aliphatic rings. The number of aromatic nitrogens is 2. The van der Waals surface area contributed by atoms with E-state index >= 15 is 0 Å². The average Bonchev–Trinajstić information content (AvgIpc) is 3.63. The second-order valence-electron chi connectivity index (χ2n) is 7.80. The maximum absolute atomic E-state index is 12.5. The van der Waals surface area contributed by atoms with Crippen LogP contribution in [0.5, 0.6) is 0 Å². The molecule has 2 aliphatic carbocycles. The third-order valence-corrected chi connectivity index (χ3v) is 5.47. The molecule has 0 radical (unpaired) electrons. The lowest BCUT2D eigenvalue weighted by molar-refractivity contribution is -0.108. The summed E-state index contributed by atoms with van der Waals surface area (Å²) in [5.41, 5.74) is 1.42. The third-order valence-electron chi connectivity index (χ3n) is 5.47. The summed E-state index contributed by atoms with van der Waals surface area (Å²) in [4.78, 5) is 23.4. The topological polar surface area (TPSA) is 121 Å². The number of rotatable bonds is 9. The van der Waals surface area contributed by atoms with Crippen molar-refractivity contribution in [1.29, 1.82) is 10.7 Å². The number of allylic oxidation sites excluding steroid dienone is 4. The number of carbonyl (C=O) groups excluding carboxylic acids is 1. The monoisotopic (exact) mass is 429 g/mol. The van der Waals surface area contributed by atoms with Gasteiger partial charge in [0.1, 0.15) is 24.7 Å². The van der Waals surface area contributed by atoms with E-state index in [1.807, 2.05) is 12.1 Å². The minimum atomic E-state index is -0.311. The summed E-state index contributed by atoms with van der Waals surface area (Å²) in [6.07, 6.45) is 8.96. The molecule has 0 bridgehead atoms. The van der Waals surface area contributed by atoms with Gasteiger partial charge in [-0.15, -0.1) is 0 Å². The molecule has 2 aromatic rings. The predicted molar refractivity (Wildman–Crippen MR) is 120 cm³/mol. The molecule has 0 spiro atoms. The molecule has 0 unspecified atom stereocenters. The molecule has 1 aromatic carbocycles. The third kappa shape index (κ3) is 4.67. The maximum Gasteiger partial charge on any atom is 0.275 e. The molecular weight excluding hydrogens is 406 g/mol. The first-order valence-corrected chi connectivity index (χ1v) is 10.5. The number of benzene rings is 1. The minimum absolute atomic E-state index is 0.117. The Kier molecular flexibility index (Phi) is 6.26. The number of ether oxygens (including phenoxy) is 1. The predicted octanol–water partition coefficient (Wildman–Crippen LogP) is 2.75. The zero-order valence-electron chi connectivity index (χ0n) is 17.5. The minimum Gasteiger partial charge on any atom is -0.492 e. The molecule has 162 valence electrons. The van der Waals surface area contributed by atoms with Crippen LogP contribution in [0.1, 0.15) is 25.0 Å². The molecule has 4 rings (SSSR count). The molecule has 0 saturated heterocycles. The van der Waals surface area contributed by atoms with Crippen LogP contribution in [-0.2, 0) is 22.6 Å². The number of carbonyl (C=O) groups is 1. The molecule has 1 fully saturated rings. The highest BCUT2D eigenvalue weighted by Crippen LogP contribution is 2.33. The van der Waals surface area contributed by atoms with Crippen molar-refractivity contribution in [1.82, 2.24) is 15.1 Å². The molecule has 0 aliphatic heterocycles. The second-order valence-corrected chi connectivity index (χ2v) is 7.80. The van der Waals surface area contributed by atoms with Gasteiger partial charge < -0.3 is 20.3 Å². The van der Waals surface area contributed by atoms with E-state index in [1.165, 1.54) is 18.9 Å². The lowest BCUT2D eigenvalue weighted by atomic mass is 10.00. The molecule has 8 nitrogen and oxygen atoms in total. The van der Waals surface area contributed by atoms with Crippen LogP contribution in [0, 0.1) is 22.7 Å². The number of fused-ring (bicyclic) bond motifs is 1. The Morgan fingerprint density at radius 2 is 2.06 bits per heavy atom. The fourth-order valence-electron chi connectivity index (χ4n) is 3.55. The summed E-state index contributed by atoms with van der Waals surface area (Å²) >= 11 is 0. The van der Waals surface area contributed by atoms with Crippen LogP contribution in [0.2, 0.25) is 0 Å². The molecular formula is C24H23N5O3. The quantitative estimate of drug-likeness (QED) is 0.591. The number of hydrogen-bond acceptors (Lipinski definition) is 7. The van der Waals surface area contributed by atoms with E-state index in [0.717, 1.165) is 17.0 Å². The van der Waals surface area contributed by atoms with Crippen molar-refractivity contribution in [2.45, 2.75) is 32.4 Å². The summed E-state index contributed by atoms with van der Waals surface area (Å²) < 4.78 is 6.96. The highest BCUT2D eigenvalue weighted by molar-refractivity contribution is 6.10. The lowest BCUT2D eigenvalue weighted by Crippen LogP contribution is -2.26. The fourth-order valence-corrected chi connectivity index (χ4v) is 3.55. The van der Waals surface area contributed by atoms with E-state index < -0.39 is 0 Å². The second kappa shape index (κ2) is 9.43. The average molecular weight is 429 g/mol. The molecule has 0 amide bonds. The van der Waals surface area contributed by atoms with Gasteiger partial charge in [0, 0.05) is 17.2 Å². The highest BCUT2D eigenvalue weighted by Gasteiger charge is 2.22. The number of hydrogen-bond donors (Lipinski definition) is 2. The van der Waals surface area contributed by atoms with Gasteiger partial charge >= 0.3 is 0 Å². The molecule has 1 aromatic heterocycles. The molecule has 1 heterocycles. The van der Waals surface area contributed by atoms with Crippen molar-refractivity contribution in [3.8, 4) is 6.07 Å². The zero-order valence-corrected chi connectivity index (χ0v) is 17.5. The van der Waals surface area contributed by atoms with E-state index in [1.54, 1.807) is 24.4 Å².